The van der Waals surface area contributed by atoms with Crippen LogP contribution in [0, 0.1) is 0 Å². The fourth-order valence-corrected chi connectivity index (χ4v) is 3.15. The monoisotopic (exact) mass is 340 g/mol. The summed E-state index contributed by atoms with van der Waals surface area (Å²) in [6, 6.07) is 5.49. The summed E-state index contributed by atoms with van der Waals surface area (Å²) >= 11 is 6.27. The molecule has 1 unspecified atom stereocenters. The molecule has 6 heteroatoms. The van der Waals surface area contributed by atoms with Crippen molar-refractivity contribution in [1.82, 2.24) is 9.80 Å². The molecule has 1 aromatic carbocycles. The van der Waals surface area contributed by atoms with Crippen molar-refractivity contribution in [2.24, 2.45) is 0 Å². The fraction of sp³-hybridized carbons (Fsp3) is 0.588. The van der Waals surface area contributed by atoms with E-state index in [-0.39, 0.29) is 18.6 Å². The number of hydrogen-bond acceptors (Lipinski definition) is 5. The summed E-state index contributed by atoms with van der Waals surface area (Å²) in [6.07, 6.45) is 0.962. The third-order valence-electron chi connectivity index (χ3n) is 4.47. The number of nitrogens with zero attached hydrogens (tertiary/aromatic N) is 2. The van der Waals surface area contributed by atoms with E-state index in [9.17, 15) is 9.90 Å². The lowest BCUT2D eigenvalue weighted by atomic mass is 10.1. The van der Waals surface area contributed by atoms with E-state index in [0.717, 1.165) is 38.2 Å². The van der Waals surface area contributed by atoms with Crippen LogP contribution >= 0.6 is 11.6 Å². The summed E-state index contributed by atoms with van der Waals surface area (Å²) in [5.74, 6) is -0.346. The number of aliphatic hydroxyl groups excluding tert-OH is 1. The van der Waals surface area contributed by atoms with Crippen LogP contribution in [-0.2, 0) is 11.3 Å². The van der Waals surface area contributed by atoms with Crippen molar-refractivity contribution in [3.8, 4) is 0 Å². The molecule has 1 N–H and O–H groups in total. The standard InChI is InChI=1S/C17H25ClN2O3/c1-3-15(12-21)20-8-6-19(7-9-20)11-14-10-13(17(22)23-2)4-5-16(14)18/h4-5,10,15,21H,3,6-9,11-12H2,1-2H3. The van der Waals surface area contributed by atoms with E-state index in [0.29, 0.717) is 17.1 Å². The van der Waals surface area contributed by atoms with E-state index in [4.69, 9.17) is 16.3 Å². The van der Waals surface area contributed by atoms with Gasteiger partial charge >= 0.3 is 5.97 Å². The summed E-state index contributed by atoms with van der Waals surface area (Å²) in [5.41, 5.74) is 1.47. The van der Waals surface area contributed by atoms with Crippen molar-refractivity contribution >= 4 is 17.6 Å². The largest absolute Gasteiger partial charge is 0.465 e. The molecule has 5 nitrogen and oxygen atoms in total. The van der Waals surface area contributed by atoms with Gasteiger partial charge in [-0.15, -0.1) is 0 Å². The predicted molar refractivity (Wildman–Crippen MR) is 90.8 cm³/mol. The van der Waals surface area contributed by atoms with E-state index >= 15 is 0 Å². The third-order valence-corrected chi connectivity index (χ3v) is 4.83. The molecule has 0 amide bonds. The first-order chi connectivity index (χ1) is 11.1. The Morgan fingerprint density at radius 2 is 2.04 bits per heavy atom. The Bertz CT molecular complexity index is 527. The molecule has 0 aliphatic carbocycles. The SMILES string of the molecule is CCC(CO)N1CCN(Cc2cc(C(=O)OC)ccc2Cl)CC1. The molecule has 2 rings (SSSR count). The van der Waals surface area contributed by atoms with Crippen molar-refractivity contribution in [2.45, 2.75) is 25.9 Å². The van der Waals surface area contributed by atoms with Gasteiger partial charge in [0.15, 0.2) is 0 Å². The Kier molecular flexibility index (Phi) is 6.84. The summed E-state index contributed by atoms with van der Waals surface area (Å²) in [6.45, 7) is 6.76. The summed E-state index contributed by atoms with van der Waals surface area (Å²) in [4.78, 5) is 16.3. The van der Waals surface area contributed by atoms with Crippen LogP contribution in [0.4, 0.5) is 0 Å². The van der Waals surface area contributed by atoms with Gasteiger partial charge in [0.25, 0.3) is 0 Å². The molecule has 0 radical (unpaired) electrons. The smallest absolute Gasteiger partial charge is 0.337 e. The number of carbonyl (C=O) groups is 1. The van der Waals surface area contributed by atoms with Crippen LogP contribution in [0.5, 0.6) is 0 Å². The second kappa shape index (κ2) is 8.64. The lowest BCUT2D eigenvalue weighted by Crippen LogP contribution is -2.50. The molecule has 1 aromatic rings. The zero-order chi connectivity index (χ0) is 16.8. The highest BCUT2D eigenvalue weighted by atomic mass is 35.5. The highest BCUT2D eigenvalue weighted by Crippen LogP contribution is 2.21. The van der Waals surface area contributed by atoms with Crippen molar-refractivity contribution in [3.63, 3.8) is 0 Å². The van der Waals surface area contributed by atoms with Crippen molar-refractivity contribution in [2.75, 3.05) is 39.9 Å². The van der Waals surface area contributed by atoms with Gasteiger partial charge in [-0.05, 0) is 30.2 Å². The van der Waals surface area contributed by atoms with Gasteiger partial charge in [-0.1, -0.05) is 18.5 Å². The molecule has 0 bridgehead atoms. The molecular formula is C17H25ClN2O3. The van der Waals surface area contributed by atoms with E-state index in [2.05, 4.69) is 16.7 Å². The summed E-state index contributed by atoms with van der Waals surface area (Å²) in [5, 5.41) is 10.1. The molecule has 1 aliphatic rings. The Morgan fingerprint density at radius 3 is 2.61 bits per heavy atom. The van der Waals surface area contributed by atoms with Gasteiger partial charge < -0.3 is 9.84 Å². The highest BCUT2D eigenvalue weighted by molar-refractivity contribution is 6.31. The topological polar surface area (TPSA) is 53.0 Å². The minimum Gasteiger partial charge on any atom is -0.465 e. The molecule has 1 aliphatic heterocycles. The van der Waals surface area contributed by atoms with Gasteiger partial charge in [0, 0.05) is 43.8 Å². The quantitative estimate of drug-likeness (QED) is 0.803. The van der Waals surface area contributed by atoms with Crippen LogP contribution in [-0.4, -0.2) is 66.8 Å². The number of methoxy groups -OCH3 is 1. The van der Waals surface area contributed by atoms with E-state index in [1.165, 1.54) is 7.11 Å². The lowest BCUT2D eigenvalue weighted by Gasteiger charge is -2.38. The van der Waals surface area contributed by atoms with Crippen molar-refractivity contribution < 1.29 is 14.6 Å². The Balaban J connectivity index is 1.97. The molecule has 0 spiro atoms. The average molecular weight is 341 g/mol. The molecule has 1 heterocycles. The summed E-state index contributed by atoms with van der Waals surface area (Å²) in [7, 11) is 1.38. The minimum absolute atomic E-state index is 0.212. The van der Waals surface area contributed by atoms with Gasteiger partial charge in [-0.2, -0.15) is 0 Å². The van der Waals surface area contributed by atoms with E-state index in [1.54, 1.807) is 12.1 Å². The maximum atomic E-state index is 11.6. The zero-order valence-corrected chi connectivity index (χ0v) is 14.6. The van der Waals surface area contributed by atoms with Crippen LogP contribution in [0.3, 0.4) is 0 Å². The molecule has 1 saturated heterocycles. The normalized spacial score (nSPS) is 17.9. The second-order valence-corrected chi connectivity index (χ2v) is 6.26. The minimum atomic E-state index is -0.346. The van der Waals surface area contributed by atoms with Crippen LogP contribution in [0.1, 0.15) is 29.3 Å². The third kappa shape index (κ3) is 4.67. The number of carbonyl (C=O) groups excluding carboxylic acids is 1. The van der Waals surface area contributed by atoms with Crippen molar-refractivity contribution in [3.05, 3.63) is 34.3 Å². The number of halogens is 1. The lowest BCUT2D eigenvalue weighted by molar-refractivity contribution is 0.0596. The molecule has 128 valence electrons. The van der Waals surface area contributed by atoms with Gasteiger partial charge in [-0.3, -0.25) is 9.80 Å². The van der Waals surface area contributed by atoms with Gasteiger partial charge in [0.05, 0.1) is 19.3 Å². The van der Waals surface area contributed by atoms with Crippen LogP contribution < -0.4 is 0 Å². The highest BCUT2D eigenvalue weighted by Gasteiger charge is 2.22. The van der Waals surface area contributed by atoms with Gasteiger partial charge in [0.2, 0.25) is 0 Å². The van der Waals surface area contributed by atoms with E-state index < -0.39 is 0 Å². The number of hydrogen-bond donors (Lipinski definition) is 1. The number of aliphatic hydroxyl groups is 1. The molecule has 0 saturated carbocycles. The van der Waals surface area contributed by atoms with Crippen LogP contribution in [0.15, 0.2) is 18.2 Å². The van der Waals surface area contributed by atoms with Gasteiger partial charge in [-0.25, -0.2) is 4.79 Å². The number of piperazine rings is 1. The summed E-state index contributed by atoms with van der Waals surface area (Å²) < 4.78 is 4.76. The molecule has 0 aromatic heterocycles. The Hall–Kier alpha value is -1.14. The first kappa shape index (κ1) is 18.2. The van der Waals surface area contributed by atoms with Crippen LogP contribution in [0.2, 0.25) is 5.02 Å². The predicted octanol–water partition coefficient (Wildman–Crippen LogP) is 2.02. The Morgan fingerprint density at radius 1 is 1.35 bits per heavy atom. The van der Waals surface area contributed by atoms with Gasteiger partial charge in [0.1, 0.15) is 0 Å². The Labute approximate surface area is 142 Å². The molecule has 1 atom stereocenters. The first-order valence-electron chi connectivity index (χ1n) is 8.03. The van der Waals surface area contributed by atoms with Crippen LogP contribution in [0.25, 0.3) is 0 Å². The first-order valence-corrected chi connectivity index (χ1v) is 8.40. The molecule has 1 fully saturated rings. The maximum absolute atomic E-state index is 11.6. The number of esters is 1. The zero-order valence-electron chi connectivity index (χ0n) is 13.8. The maximum Gasteiger partial charge on any atom is 0.337 e. The average Bonchev–Trinajstić information content (AvgIpc) is 2.58. The fourth-order valence-electron chi connectivity index (χ4n) is 2.97. The van der Waals surface area contributed by atoms with Crippen molar-refractivity contribution in [1.29, 1.82) is 0 Å². The second-order valence-electron chi connectivity index (χ2n) is 5.85. The van der Waals surface area contributed by atoms with E-state index in [1.807, 2.05) is 6.07 Å². The number of rotatable bonds is 6. The number of ether oxygens (including phenoxy) is 1. The number of benzene rings is 1. The molecular weight excluding hydrogens is 316 g/mol. The molecule has 23 heavy (non-hydrogen) atoms.